The van der Waals surface area contributed by atoms with E-state index in [0.29, 0.717) is 18.7 Å². The maximum Gasteiger partial charge on any atom is 0.240 e. The third kappa shape index (κ3) is 5.60. The van der Waals surface area contributed by atoms with Gasteiger partial charge >= 0.3 is 0 Å². The number of amides is 1. The average molecular weight is 360 g/mol. The van der Waals surface area contributed by atoms with Crippen LogP contribution in [0.1, 0.15) is 16.7 Å². The first-order valence-electron chi connectivity index (χ1n) is 8.13. The third-order valence-electron chi connectivity index (χ3n) is 4.04. The number of aryl methyl sites for hydroxylation is 2. The maximum atomic E-state index is 12.2. The molecule has 0 radical (unpaired) electrons. The van der Waals surface area contributed by atoms with Crippen LogP contribution in [0.5, 0.6) is 0 Å². The Bertz CT molecular complexity index is 833. The molecule has 2 aromatic rings. The number of carbonyl (C=O) groups excluding carboxylic acids is 1. The van der Waals surface area contributed by atoms with E-state index >= 15 is 0 Å². The zero-order valence-corrected chi connectivity index (χ0v) is 15.6. The van der Waals surface area contributed by atoms with Gasteiger partial charge in [-0.05, 0) is 49.1 Å². The van der Waals surface area contributed by atoms with E-state index in [4.69, 9.17) is 0 Å². The van der Waals surface area contributed by atoms with Crippen LogP contribution in [0.15, 0.2) is 48.5 Å². The van der Waals surface area contributed by atoms with Gasteiger partial charge in [0.2, 0.25) is 15.9 Å². The first kappa shape index (κ1) is 19.0. The van der Waals surface area contributed by atoms with Gasteiger partial charge in [-0.15, -0.1) is 0 Å². The summed E-state index contributed by atoms with van der Waals surface area (Å²) >= 11 is 0. The summed E-state index contributed by atoms with van der Waals surface area (Å²) < 4.78 is 25.3. The highest BCUT2D eigenvalue weighted by Gasteiger charge is 2.21. The van der Waals surface area contributed by atoms with E-state index in [2.05, 4.69) is 5.32 Å². The lowest BCUT2D eigenvalue weighted by molar-refractivity contribution is -0.119. The predicted octanol–water partition coefficient (Wildman–Crippen LogP) is 2.43. The summed E-state index contributed by atoms with van der Waals surface area (Å²) in [5.74, 6) is -0.320. The fourth-order valence-corrected chi connectivity index (χ4v) is 3.31. The predicted molar refractivity (Wildman–Crippen MR) is 101 cm³/mol. The molecule has 0 spiro atoms. The molecule has 1 N–H and O–H groups in total. The Morgan fingerprint density at radius 1 is 1.04 bits per heavy atom. The molecule has 5 nitrogen and oxygen atoms in total. The van der Waals surface area contributed by atoms with Crippen LogP contribution in [0.3, 0.4) is 0 Å². The number of hydrogen-bond acceptors (Lipinski definition) is 3. The molecule has 0 atom stereocenters. The molecule has 2 rings (SSSR count). The molecule has 0 saturated heterocycles. The Hall–Kier alpha value is -2.34. The molecule has 1 amide bonds. The first-order chi connectivity index (χ1) is 11.8. The van der Waals surface area contributed by atoms with Crippen LogP contribution in [0.25, 0.3) is 0 Å². The zero-order chi connectivity index (χ0) is 18.4. The normalized spacial score (nSPS) is 11.2. The molecule has 0 saturated carbocycles. The molecule has 0 bridgehead atoms. The molecule has 134 valence electrons. The summed E-state index contributed by atoms with van der Waals surface area (Å²) in [6, 6.07) is 15.2. The minimum Gasteiger partial charge on any atom is -0.354 e. The maximum absolute atomic E-state index is 12.2. The lowest BCUT2D eigenvalue weighted by atomic mass is 10.1. The van der Waals surface area contributed by atoms with Gasteiger partial charge in [-0.25, -0.2) is 8.42 Å². The van der Waals surface area contributed by atoms with Gasteiger partial charge in [0.1, 0.15) is 6.54 Å². The van der Waals surface area contributed by atoms with Crippen LogP contribution in [-0.4, -0.2) is 33.7 Å². The van der Waals surface area contributed by atoms with Gasteiger partial charge in [0.05, 0.1) is 11.9 Å². The van der Waals surface area contributed by atoms with Crippen LogP contribution in [0.4, 0.5) is 5.69 Å². The van der Waals surface area contributed by atoms with Crippen LogP contribution in [0, 0.1) is 13.8 Å². The van der Waals surface area contributed by atoms with Crippen molar-refractivity contribution in [3.63, 3.8) is 0 Å². The van der Waals surface area contributed by atoms with Crippen molar-refractivity contribution >= 4 is 21.6 Å². The van der Waals surface area contributed by atoms with Gasteiger partial charge in [-0.1, -0.05) is 36.4 Å². The van der Waals surface area contributed by atoms with Crippen molar-refractivity contribution < 1.29 is 13.2 Å². The molecule has 0 unspecified atom stereocenters. The fraction of sp³-hybridized carbons (Fsp3) is 0.316. The number of carbonyl (C=O) groups is 1. The number of benzene rings is 2. The molecular formula is C19H24N2O3S. The van der Waals surface area contributed by atoms with E-state index in [0.717, 1.165) is 27.3 Å². The van der Waals surface area contributed by atoms with Gasteiger partial charge in [-0.2, -0.15) is 0 Å². The van der Waals surface area contributed by atoms with Crippen LogP contribution in [0.2, 0.25) is 0 Å². The molecule has 0 aromatic heterocycles. The number of hydrogen-bond donors (Lipinski definition) is 1. The zero-order valence-electron chi connectivity index (χ0n) is 14.8. The van der Waals surface area contributed by atoms with Gasteiger partial charge in [-0.3, -0.25) is 9.10 Å². The second kappa shape index (κ2) is 8.16. The van der Waals surface area contributed by atoms with Gasteiger partial charge in [0, 0.05) is 6.54 Å². The lowest BCUT2D eigenvalue weighted by Gasteiger charge is -2.22. The summed E-state index contributed by atoms with van der Waals surface area (Å²) in [7, 11) is -3.55. The minimum atomic E-state index is -3.55. The molecule has 0 aliphatic rings. The topological polar surface area (TPSA) is 66.5 Å². The van der Waals surface area contributed by atoms with Crippen molar-refractivity contribution in [3.8, 4) is 0 Å². The van der Waals surface area contributed by atoms with Crippen molar-refractivity contribution in [1.29, 1.82) is 0 Å². The second-order valence-electron chi connectivity index (χ2n) is 6.12. The average Bonchev–Trinajstić information content (AvgIpc) is 2.55. The lowest BCUT2D eigenvalue weighted by Crippen LogP contribution is -2.41. The Morgan fingerprint density at radius 3 is 2.32 bits per heavy atom. The van der Waals surface area contributed by atoms with Gasteiger partial charge in [0.15, 0.2) is 0 Å². The molecular weight excluding hydrogens is 336 g/mol. The van der Waals surface area contributed by atoms with Crippen LogP contribution >= 0.6 is 0 Å². The first-order valence-corrected chi connectivity index (χ1v) is 9.98. The SMILES string of the molecule is Cc1ccc(N(CC(=O)NCCc2ccccc2)S(C)(=O)=O)cc1C. The Kier molecular flexibility index (Phi) is 6.20. The molecule has 0 fully saturated rings. The van der Waals surface area contributed by atoms with E-state index in [1.165, 1.54) is 0 Å². The number of nitrogens with one attached hydrogen (secondary N) is 1. The molecule has 6 heteroatoms. The number of rotatable bonds is 7. The van der Waals surface area contributed by atoms with E-state index in [1.807, 2.05) is 50.2 Å². The number of sulfonamides is 1. The Balaban J connectivity index is 2.02. The monoisotopic (exact) mass is 360 g/mol. The Labute approximate surface area is 149 Å². The van der Waals surface area contributed by atoms with E-state index in [1.54, 1.807) is 12.1 Å². The molecule has 0 aliphatic heterocycles. The minimum absolute atomic E-state index is 0.226. The molecule has 2 aromatic carbocycles. The van der Waals surface area contributed by atoms with Crippen molar-refractivity contribution in [2.24, 2.45) is 0 Å². The smallest absolute Gasteiger partial charge is 0.240 e. The van der Waals surface area contributed by atoms with E-state index in [-0.39, 0.29) is 12.5 Å². The number of anilines is 1. The van der Waals surface area contributed by atoms with E-state index in [9.17, 15) is 13.2 Å². The summed E-state index contributed by atoms with van der Waals surface area (Å²) in [6.45, 7) is 4.11. The van der Waals surface area contributed by atoms with Gasteiger partial charge < -0.3 is 5.32 Å². The third-order valence-corrected chi connectivity index (χ3v) is 5.19. The highest BCUT2D eigenvalue weighted by molar-refractivity contribution is 7.92. The second-order valence-corrected chi connectivity index (χ2v) is 8.03. The van der Waals surface area contributed by atoms with Crippen LogP contribution in [-0.2, 0) is 21.2 Å². The van der Waals surface area contributed by atoms with Crippen molar-refractivity contribution in [2.75, 3.05) is 23.7 Å². The number of nitrogens with zero attached hydrogens (tertiary/aromatic N) is 1. The van der Waals surface area contributed by atoms with Crippen molar-refractivity contribution in [1.82, 2.24) is 5.32 Å². The largest absolute Gasteiger partial charge is 0.354 e. The van der Waals surface area contributed by atoms with Gasteiger partial charge in [0.25, 0.3) is 0 Å². The molecule has 0 aliphatic carbocycles. The molecule has 0 heterocycles. The fourth-order valence-electron chi connectivity index (χ4n) is 2.46. The highest BCUT2D eigenvalue weighted by atomic mass is 32.2. The standard InChI is InChI=1S/C19H24N2O3S/c1-15-9-10-18(13-16(15)2)21(25(3,23)24)14-19(22)20-12-11-17-7-5-4-6-8-17/h4-10,13H,11-12,14H2,1-3H3,(H,20,22). The van der Waals surface area contributed by atoms with E-state index < -0.39 is 10.0 Å². The molecule has 25 heavy (non-hydrogen) atoms. The summed E-state index contributed by atoms with van der Waals surface area (Å²) in [6.07, 6.45) is 1.81. The van der Waals surface area contributed by atoms with Crippen molar-refractivity contribution in [2.45, 2.75) is 20.3 Å². The van der Waals surface area contributed by atoms with Crippen molar-refractivity contribution in [3.05, 3.63) is 65.2 Å². The summed E-state index contributed by atoms with van der Waals surface area (Å²) in [5, 5.41) is 2.78. The highest BCUT2D eigenvalue weighted by Crippen LogP contribution is 2.20. The summed E-state index contributed by atoms with van der Waals surface area (Å²) in [5.41, 5.74) is 3.68. The summed E-state index contributed by atoms with van der Waals surface area (Å²) in [4.78, 5) is 12.2. The Morgan fingerprint density at radius 2 is 1.72 bits per heavy atom. The quantitative estimate of drug-likeness (QED) is 0.825. The van der Waals surface area contributed by atoms with Crippen LogP contribution < -0.4 is 9.62 Å².